The molecule has 1 rings (SSSR count). The van der Waals surface area contributed by atoms with E-state index in [1.54, 1.807) is 12.1 Å². The molecule has 1 aromatic carbocycles. The molecule has 17 heavy (non-hydrogen) atoms. The van der Waals surface area contributed by atoms with E-state index in [9.17, 15) is 8.42 Å². The van der Waals surface area contributed by atoms with Gasteiger partial charge in [0.2, 0.25) is 0 Å². The lowest BCUT2D eigenvalue weighted by Crippen LogP contribution is -2.21. The molecule has 0 spiro atoms. The van der Waals surface area contributed by atoms with Crippen LogP contribution in [0.5, 0.6) is 0 Å². The standard InChI is InChI=1S/C12H20N2O2S/c1-10(14-9-3-8-13)11-4-6-12(7-5-11)17(2,15)16/h4-7,10,14H,3,8-9,13H2,1-2H3. The lowest BCUT2D eigenvalue weighted by atomic mass is 10.1. The van der Waals surface area contributed by atoms with Crippen molar-refractivity contribution in [2.75, 3.05) is 19.3 Å². The molecule has 0 aliphatic carbocycles. The van der Waals surface area contributed by atoms with Crippen LogP contribution in [0.2, 0.25) is 0 Å². The van der Waals surface area contributed by atoms with Gasteiger partial charge in [-0.3, -0.25) is 0 Å². The molecule has 3 N–H and O–H groups in total. The van der Waals surface area contributed by atoms with Crippen LogP contribution in [0, 0.1) is 0 Å². The molecule has 0 saturated heterocycles. The maximum absolute atomic E-state index is 11.3. The van der Waals surface area contributed by atoms with Crippen molar-refractivity contribution in [1.82, 2.24) is 5.32 Å². The molecule has 4 nitrogen and oxygen atoms in total. The summed E-state index contributed by atoms with van der Waals surface area (Å²) in [5.41, 5.74) is 6.49. The molecule has 5 heteroatoms. The van der Waals surface area contributed by atoms with Gasteiger partial charge in [-0.15, -0.1) is 0 Å². The van der Waals surface area contributed by atoms with E-state index in [0.717, 1.165) is 18.5 Å². The number of benzene rings is 1. The monoisotopic (exact) mass is 256 g/mol. The van der Waals surface area contributed by atoms with E-state index >= 15 is 0 Å². The molecule has 0 aromatic heterocycles. The smallest absolute Gasteiger partial charge is 0.175 e. The predicted octanol–water partition coefficient (Wildman–Crippen LogP) is 1.09. The number of hydrogen-bond acceptors (Lipinski definition) is 4. The Kier molecular flexibility index (Phi) is 5.11. The fourth-order valence-electron chi connectivity index (χ4n) is 1.54. The molecule has 0 amide bonds. The maximum Gasteiger partial charge on any atom is 0.175 e. The third-order valence-electron chi connectivity index (χ3n) is 2.64. The van der Waals surface area contributed by atoms with Gasteiger partial charge in [0.15, 0.2) is 9.84 Å². The van der Waals surface area contributed by atoms with Gasteiger partial charge in [-0.25, -0.2) is 8.42 Å². The van der Waals surface area contributed by atoms with Crippen LogP contribution in [0.3, 0.4) is 0 Å². The van der Waals surface area contributed by atoms with Gasteiger partial charge in [-0.1, -0.05) is 12.1 Å². The molecule has 1 aromatic rings. The Hall–Kier alpha value is -0.910. The molecule has 0 saturated carbocycles. The van der Waals surface area contributed by atoms with Crippen molar-refractivity contribution in [2.45, 2.75) is 24.3 Å². The number of hydrogen-bond donors (Lipinski definition) is 2. The van der Waals surface area contributed by atoms with Crippen LogP contribution in [0.4, 0.5) is 0 Å². The van der Waals surface area contributed by atoms with E-state index in [1.807, 2.05) is 19.1 Å². The van der Waals surface area contributed by atoms with E-state index in [4.69, 9.17) is 5.73 Å². The van der Waals surface area contributed by atoms with Gasteiger partial charge in [0, 0.05) is 12.3 Å². The van der Waals surface area contributed by atoms with Crippen LogP contribution in [0.15, 0.2) is 29.2 Å². The van der Waals surface area contributed by atoms with Crippen LogP contribution in [0.1, 0.15) is 24.9 Å². The van der Waals surface area contributed by atoms with Gasteiger partial charge in [-0.2, -0.15) is 0 Å². The summed E-state index contributed by atoms with van der Waals surface area (Å²) in [6.45, 7) is 3.59. The molecular weight excluding hydrogens is 236 g/mol. The SMILES string of the molecule is CC(NCCCN)c1ccc(S(C)(=O)=O)cc1. The molecule has 0 aliphatic heterocycles. The van der Waals surface area contributed by atoms with E-state index < -0.39 is 9.84 Å². The van der Waals surface area contributed by atoms with Crippen LogP contribution in [-0.4, -0.2) is 27.8 Å². The Morgan fingerprint density at radius 1 is 1.29 bits per heavy atom. The molecule has 0 fully saturated rings. The fourth-order valence-corrected chi connectivity index (χ4v) is 2.17. The first-order valence-corrected chi connectivity index (χ1v) is 7.57. The Balaban J connectivity index is 2.67. The van der Waals surface area contributed by atoms with E-state index in [0.29, 0.717) is 11.4 Å². The second kappa shape index (κ2) is 6.14. The molecule has 96 valence electrons. The highest BCUT2D eigenvalue weighted by Gasteiger charge is 2.08. The van der Waals surface area contributed by atoms with Crippen molar-refractivity contribution in [1.29, 1.82) is 0 Å². The maximum atomic E-state index is 11.3. The second-order valence-electron chi connectivity index (χ2n) is 4.16. The summed E-state index contributed by atoms with van der Waals surface area (Å²) in [5, 5.41) is 3.33. The number of nitrogens with one attached hydrogen (secondary N) is 1. The fraction of sp³-hybridized carbons (Fsp3) is 0.500. The van der Waals surface area contributed by atoms with Crippen molar-refractivity contribution < 1.29 is 8.42 Å². The minimum atomic E-state index is -3.10. The second-order valence-corrected chi connectivity index (χ2v) is 6.17. The Morgan fingerprint density at radius 2 is 1.88 bits per heavy atom. The first kappa shape index (κ1) is 14.2. The van der Waals surface area contributed by atoms with Gasteiger partial charge in [0.1, 0.15) is 0 Å². The lowest BCUT2D eigenvalue weighted by molar-refractivity contribution is 0.561. The molecule has 0 heterocycles. The van der Waals surface area contributed by atoms with Crippen molar-refractivity contribution in [3.05, 3.63) is 29.8 Å². The zero-order valence-electron chi connectivity index (χ0n) is 10.3. The Labute approximate surface area is 103 Å². The average molecular weight is 256 g/mol. The zero-order chi connectivity index (χ0) is 12.9. The van der Waals surface area contributed by atoms with Gasteiger partial charge in [-0.05, 0) is 44.1 Å². The zero-order valence-corrected chi connectivity index (χ0v) is 11.1. The summed E-state index contributed by atoms with van der Waals surface area (Å²) in [6, 6.07) is 7.18. The molecule has 1 atom stereocenters. The first-order chi connectivity index (χ1) is 7.95. The van der Waals surface area contributed by atoms with E-state index in [2.05, 4.69) is 5.32 Å². The molecule has 0 radical (unpaired) electrons. The van der Waals surface area contributed by atoms with Crippen LogP contribution >= 0.6 is 0 Å². The van der Waals surface area contributed by atoms with Gasteiger partial charge >= 0.3 is 0 Å². The van der Waals surface area contributed by atoms with Crippen LogP contribution in [-0.2, 0) is 9.84 Å². The summed E-state index contributed by atoms with van der Waals surface area (Å²) in [7, 11) is -3.10. The number of sulfone groups is 1. The molecule has 1 unspecified atom stereocenters. The van der Waals surface area contributed by atoms with Gasteiger partial charge in [0.25, 0.3) is 0 Å². The Bertz CT molecular complexity index is 440. The highest BCUT2D eigenvalue weighted by atomic mass is 32.2. The summed E-state index contributed by atoms with van der Waals surface area (Å²) in [6.07, 6.45) is 2.15. The van der Waals surface area contributed by atoms with Crippen molar-refractivity contribution >= 4 is 9.84 Å². The van der Waals surface area contributed by atoms with Crippen LogP contribution < -0.4 is 11.1 Å². The summed E-state index contributed by atoms with van der Waals surface area (Å²) in [4.78, 5) is 0.357. The quantitative estimate of drug-likeness (QED) is 0.747. The van der Waals surface area contributed by atoms with Gasteiger partial charge < -0.3 is 11.1 Å². The predicted molar refractivity (Wildman–Crippen MR) is 69.6 cm³/mol. The summed E-state index contributed by atoms with van der Waals surface area (Å²) < 4.78 is 22.6. The highest BCUT2D eigenvalue weighted by molar-refractivity contribution is 7.90. The number of nitrogens with two attached hydrogens (primary N) is 1. The van der Waals surface area contributed by atoms with Gasteiger partial charge in [0.05, 0.1) is 4.90 Å². The normalized spacial score (nSPS) is 13.6. The Morgan fingerprint density at radius 3 is 2.35 bits per heavy atom. The largest absolute Gasteiger partial charge is 0.330 e. The van der Waals surface area contributed by atoms with Crippen molar-refractivity contribution in [3.63, 3.8) is 0 Å². The average Bonchev–Trinajstić information content (AvgIpc) is 2.28. The van der Waals surface area contributed by atoms with E-state index in [-0.39, 0.29) is 6.04 Å². The lowest BCUT2D eigenvalue weighted by Gasteiger charge is -2.14. The third-order valence-corrected chi connectivity index (χ3v) is 3.77. The highest BCUT2D eigenvalue weighted by Crippen LogP contribution is 2.15. The first-order valence-electron chi connectivity index (χ1n) is 5.68. The minimum absolute atomic E-state index is 0.204. The minimum Gasteiger partial charge on any atom is -0.330 e. The summed E-state index contributed by atoms with van der Waals surface area (Å²) >= 11 is 0. The summed E-state index contributed by atoms with van der Waals surface area (Å²) in [5.74, 6) is 0. The molecular formula is C12H20N2O2S. The van der Waals surface area contributed by atoms with E-state index in [1.165, 1.54) is 6.26 Å². The topological polar surface area (TPSA) is 72.2 Å². The molecule has 0 bridgehead atoms. The molecule has 0 aliphatic rings. The number of rotatable bonds is 6. The third kappa shape index (κ3) is 4.46. The van der Waals surface area contributed by atoms with Crippen molar-refractivity contribution in [3.8, 4) is 0 Å². The van der Waals surface area contributed by atoms with Crippen LogP contribution in [0.25, 0.3) is 0 Å². The van der Waals surface area contributed by atoms with Crippen molar-refractivity contribution in [2.24, 2.45) is 5.73 Å².